The van der Waals surface area contributed by atoms with Gasteiger partial charge in [0.2, 0.25) is 0 Å². The van der Waals surface area contributed by atoms with Crippen LogP contribution in [0.3, 0.4) is 0 Å². The summed E-state index contributed by atoms with van der Waals surface area (Å²) in [6.07, 6.45) is 0.758. The van der Waals surface area contributed by atoms with Crippen molar-refractivity contribution in [3.8, 4) is 0 Å². The van der Waals surface area contributed by atoms with Gasteiger partial charge in [0.15, 0.2) is 0 Å². The summed E-state index contributed by atoms with van der Waals surface area (Å²) in [5.74, 6) is -0.249. The van der Waals surface area contributed by atoms with Gasteiger partial charge in [0.1, 0.15) is 6.61 Å². The maximum Gasteiger partial charge on any atom is 0.306 e. The van der Waals surface area contributed by atoms with Gasteiger partial charge in [-0.1, -0.05) is 41.9 Å². The first-order valence-electron chi connectivity index (χ1n) is 6.05. The quantitative estimate of drug-likeness (QED) is 0.855. The van der Waals surface area contributed by atoms with E-state index in [9.17, 15) is 4.79 Å². The number of benzene rings is 1. The number of aromatic nitrogens is 2. The Morgan fingerprint density at radius 3 is 2.74 bits per heavy atom. The highest BCUT2D eigenvalue weighted by molar-refractivity contribution is 6.31. The van der Waals surface area contributed by atoms with E-state index in [0.717, 1.165) is 11.3 Å². The van der Waals surface area contributed by atoms with Crippen molar-refractivity contribution in [3.05, 3.63) is 52.3 Å². The molecule has 19 heavy (non-hydrogen) atoms. The fraction of sp³-hybridized carbons (Fsp3) is 0.286. The summed E-state index contributed by atoms with van der Waals surface area (Å²) >= 11 is 6.02. The minimum absolute atomic E-state index is 0.249. The lowest BCUT2D eigenvalue weighted by Gasteiger charge is -2.04. The third-order valence-electron chi connectivity index (χ3n) is 2.75. The van der Waals surface area contributed by atoms with Gasteiger partial charge in [-0.05, 0) is 12.5 Å². The van der Waals surface area contributed by atoms with Crippen molar-refractivity contribution >= 4 is 17.6 Å². The molecule has 1 N–H and O–H groups in total. The zero-order valence-corrected chi connectivity index (χ0v) is 11.4. The molecule has 0 unspecified atom stereocenters. The highest BCUT2D eigenvalue weighted by atomic mass is 35.5. The van der Waals surface area contributed by atoms with Crippen molar-refractivity contribution in [1.29, 1.82) is 0 Å². The number of esters is 1. The van der Waals surface area contributed by atoms with Crippen LogP contribution in [0.15, 0.2) is 30.3 Å². The van der Waals surface area contributed by atoms with E-state index in [0.29, 0.717) is 23.7 Å². The lowest BCUT2D eigenvalue weighted by Crippen LogP contribution is -2.06. The Morgan fingerprint density at radius 1 is 1.37 bits per heavy atom. The molecule has 0 fully saturated rings. The normalized spacial score (nSPS) is 10.4. The van der Waals surface area contributed by atoms with Crippen LogP contribution in [0, 0.1) is 6.92 Å². The zero-order chi connectivity index (χ0) is 13.7. The highest BCUT2D eigenvalue weighted by Crippen LogP contribution is 2.18. The maximum atomic E-state index is 11.6. The van der Waals surface area contributed by atoms with Crippen LogP contribution in [0.5, 0.6) is 0 Å². The second kappa shape index (κ2) is 6.38. The maximum absolute atomic E-state index is 11.6. The van der Waals surface area contributed by atoms with Gasteiger partial charge in [-0.15, -0.1) is 0 Å². The molecule has 2 aromatic rings. The van der Waals surface area contributed by atoms with E-state index in [4.69, 9.17) is 16.3 Å². The van der Waals surface area contributed by atoms with Crippen LogP contribution in [-0.2, 0) is 22.6 Å². The van der Waals surface area contributed by atoms with Crippen molar-refractivity contribution in [1.82, 2.24) is 10.2 Å². The van der Waals surface area contributed by atoms with E-state index in [-0.39, 0.29) is 12.4 Å². The second-order valence-electron chi connectivity index (χ2n) is 4.26. The van der Waals surface area contributed by atoms with Gasteiger partial charge < -0.3 is 4.74 Å². The van der Waals surface area contributed by atoms with Gasteiger partial charge in [-0.3, -0.25) is 9.89 Å². The summed E-state index contributed by atoms with van der Waals surface area (Å²) in [7, 11) is 0. The third-order valence-corrected chi connectivity index (χ3v) is 3.25. The van der Waals surface area contributed by atoms with Crippen molar-refractivity contribution in [2.45, 2.75) is 26.4 Å². The first-order chi connectivity index (χ1) is 9.16. The molecular weight excluding hydrogens is 264 g/mol. The Morgan fingerprint density at radius 2 is 2.11 bits per heavy atom. The summed E-state index contributed by atoms with van der Waals surface area (Å²) < 4.78 is 5.18. The van der Waals surface area contributed by atoms with Gasteiger partial charge in [-0.25, -0.2) is 0 Å². The molecule has 0 saturated carbocycles. The van der Waals surface area contributed by atoms with Gasteiger partial charge in [0.25, 0.3) is 0 Å². The van der Waals surface area contributed by atoms with E-state index in [1.807, 2.05) is 37.3 Å². The van der Waals surface area contributed by atoms with Crippen molar-refractivity contribution in [2.75, 3.05) is 0 Å². The van der Waals surface area contributed by atoms with E-state index in [2.05, 4.69) is 10.2 Å². The summed E-state index contributed by atoms with van der Waals surface area (Å²) in [4.78, 5) is 11.6. The predicted octanol–water partition coefficient (Wildman–Crippen LogP) is 3.05. The smallest absolute Gasteiger partial charge is 0.306 e. The van der Waals surface area contributed by atoms with Crippen molar-refractivity contribution in [2.24, 2.45) is 0 Å². The lowest BCUT2D eigenvalue weighted by molar-refractivity contribution is -0.144. The van der Waals surface area contributed by atoms with Crippen molar-refractivity contribution < 1.29 is 9.53 Å². The summed E-state index contributed by atoms with van der Waals surface area (Å²) in [6, 6.07) is 9.58. The van der Waals surface area contributed by atoms with Crippen LogP contribution in [0.4, 0.5) is 0 Å². The average Bonchev–Trinajstić information content (AvgIpc) is 2.75. The number of carbonyl (C=O) groups is 1. The summed E-state index contributed by atoms with van der Waals surface area (Å²) in [6.45, 7) is 2.14. The molecule has 0 aliphatic rings. The van der Waals surface area contributed by atoms with Gasteiger partial charge in [0, 0.05) is 6.42 Å². The topological polar surface area (TPSA) is 55.0 Å². The molecule has 0 bridgehead atoms. The van der Waals surface area contributed by atoms with Crippen LogP contribution < -0.4 is 0 Å². The van der Waals surface area contributed by atoms with E-state index < -0.39 is 0 Å². The number of ether oxygens (including phenoxy) is 1. The molecular formula is C14H15ClN2O2. The zero-order valence-electron chi connectivity index (χ0n) is 10.6. The molecule has 1 heterocycles. The number of hydrogen-bond acceptors (Lipinski definition) is 3. The standard InChI is InChI=1S/C14H15ClN2O2/c1-10-14(15)12(17-16-10)7-8-13(18)19-9-11-5-3-2-4-6-11/h2-6H,7-9H2,1H3,(H,16,17). The number of carbonyl (C=O) groups excluding carboxylic acids is 1. The predicted molar refractivity (Wildman–Crippen MR) is 72.9 cm³/mol. The Hall–Kier alpha value is -1.81. The number of nitrogens with zero attached hydrogens (tertiary/aromatic N) is 1. The fourth-order valence-electron chi connectivity index (χ4n) is 1.66. The molecule has 2 rings (SSSR count). The molecule has 100 valence electrons. The summed E-state index contributed by atoms with van der Waals surface area (Å²) in [5.41, 5.74) is 2.50. The molecule has 5 heteroatoms. The van der Waals surface area contributed by atoms with Crippen molar-refractivity contribution in [3.63, 3.8) is 0 Å². The SMILES string of the molecule is Cc1[nH]nc(CCC(=O)OCc2ccccc2)c1Cl. The number of rotatable bonds is 5. The molecule has 0 aliphatic heterocycles. The fourth-order valence-corrected chi connectivity index (χ4v) is 1.84. The average molecular weight is 279 g/mol. The Bertz CT molecular complexity index is 552. The van der Waals surface area contributed by atoms with E-state index in [1.54, 1.807) is 0 Å². The largest absolute Gasteiger partial charge is 0.461 e. The molecule has 4 nitrogen and oxygen atoms in total. The molecule has 0 saturated heterocycles. The number of nitrogens with one attached hydrogen (secondary N) is 1. The minimum Gasteiger partial charge on any atom is -0.461 e. The number of H-pyrrole nitrogens is 1. The van der Waals surface area contributed by atoms with E-state index >= 15 is 0 Å². The molecule has 0 amide bonds. The third kappa shape index (κ3) is 3.83. The molecule has 0 spiro atoms. The molecule has 0 radical (unpaired) electrons. The monoisotopic (exact) mass is 278 g/mol. The molecule has 0 atom stereocenters. The first-order valence-corrected chi connectivity index (χ1v) is 6.43. The van der Waals surface area contributed by atoms with Crippen LogP contribution in [0.1, 0.15) is 23.4 Å². The minimum atomic E-state index is -0.249. The van der Waals surface area contributed by atoms with Crippen LogP contribution in [-0.4, -0.2) is 16.2 Å². The van der Waals surface area contributed by atoms with Gasteiger partial charge >= 0.3 is 5.97 Å². The highest BCUT2D eigenvalue weighted by Gasteiger charge is 2.10. The van der Waals surface area contributed by atoms with Crippen LogP contribution in [0.25, 0.3) is 0 Å². The number of halogens is 1. The molecule has 0 aliphatic carbocycles. The molecule has 1 aromatic carbocycles. The Labute approximate surface area is 116 Å². The number of aromatic amines is 1. The second-order valence-corrected chi connectivity index (χ2v) is 4.63. The summed E-state index contributed by atoms with van der Waals surface area (Å²) in [5, 5.41) is 7.42. The lowest BCUT2D eigenvalue weighted by atomic mass is 10.2. The Balaban J connectivity index is 1.78. The van der Waals surface area contributed by atoms with Gasteiger partial charge in [-0.2, -0.15) is 5.10 Å². The number of aryl methyl sites for hydroxylation is 2. The first kappa shape index (κ1) is 13.6. The van der Waals surface area contributed by atoms with Gasteiger partial charge in [0.05, 0.1) is 22.8 Å². The van der Waals surface area contributed by atoms with E-state index in [1.165, 1.54) is 0 Å². The van der Waals surface area contributed by atoms with Crippen LogP contribution >= 0.6 is 11.6 Å². The van der Waals surface area contributed by atoms with Crippen LogP contribution in [0.2, 0.25) is 5.02 Å². The number of hydrogen-bond donors (Lipinski definition) is 1. The molecule has 1 aromatic heterocycles. The Kier molecular flexibility index (Phi) is 4.58.